The van der Waals surface area contributed by atoms with E-state index in [0.29, 0.717) is 96.6 Å². The number of hydrogen-bond acceptors (Lipinski definition) is 13. The third-order valence-corrected chi connectivity index (χ3v) is 16.7. The van der Waals surface area contributed by atoms with E-state index in [-0.39, 0.29) is 35.2 Å². The fraction of sp³-hybridized carbons (Fsp3) is 0.0606. The molecule has 14 aromatic carbocycles. The first kappa shape index (κ1) is 82.6. The van der Waals surface area contributed by atoms with E-state index >= 15 is 0 Å². The summed E-state index contributed by atoms with van der Waals surface area (Å²) in [6.45, 7) is 5.55. The highest BCUT2D eigenvalue weighted by Crippen LogP contribution is 2.31. The molecule has 14 aromatic rings. The minimum atomic E-state index is -0.236. The molecule has 7 N–H and O–H groups in total. The lowest BCUT2D eigenvalue weighted by Crippen LogP contribution is -2.17. The van der Waals surface area contributed by atoms with Crippen LogP contribution in [0.4, 0.5) is 22.7 Å². The SMILES string of the molecule is CC(=O)c1ccc(Oc2cccc(C#Cc3ccccc3)c2)cc1.CNC(=O)c1ccc(Oc2cccc(Oc3ccc(C)cc3)c2)cc1.COc1ccc(C(=O)Nc2cccc(NC(=O)c3ccc(C)cc3)c2)cc1.COc1cccc(Oc2ccc(C(=O)Nc3cccc(N)c3)cc2)c1.Oc1cccc(C#Cc2ccccc2)c1. The van der Waals surface area contributed by atoms with E-state index in [1.54, 1.807) is 210 Å². The van der Waals surface area contributed by atoms with Crippen molar-refractivity contribution in [3.8, 4) is 86.9 Å². The molecule has 0 saturated heterocycles. The molecular formula is C99H83N5O12. The van der Waals surface area contributed by atoms with E-state index in [0.717, 1.165) is 39.3 Å². The molecule has 116 heavy (non-hydrogen) atoms. The highest BCUT2D eigenvalue weighted by atomic mass is 16.5. The second-order valence-corrected chi connectivity index (χ2v) is 25.6. The second kappa shape index (κ2) is 42.9. The number of carbonyl (C=O) groups is 5. The Balaban J connectivity index is 0.000000155. The molecule has 14 rings (SSSR count). The first-order valence-corrected chi connectivity index (χ1v) is 36.6. The van der Waals surface area contributed by atoms with Crippen LogP contribution in [0.15, 0.2) is 352 Å². The number of nitrogens with one attached hydrogen (secondary N) is 4. The smallest absolute Gasteiger partial charge is 0.255 e. The number of aryl methyl sites for hydroxylation is 2. The minimum absolute atomic E-state index is 0.0414. The van der Waals surface area contributed by atoms with Crippen LogP contribution in [0.3, 0.4) is 0 Å². The molecule has 17 heteroatoms. The number of nitrogen functional groups attached to an aromatic ring is 1. The summed E-state index contributed by atoms with van der Waals surface area (Å²) in [5, 5.41) is 20.3. The van der Waals surface area contributed by atoms with Gasteiger partial charge in [0, 0.05) is 92.0 Å². The van der Waals surface area contributed by atoms with Gasteiger partial charge in [-0.3, -0.25) is 24.0 Å². The molecule has 0 radical (unpaired) electrons. The minimum Gasteiger partial charge on any atom is -0.508 e. The van der Waals surface area contributed by atoms with Crippen molar-refractivity contribution in [2.45, 2.75) is 20.8 Å². The molecule has 0 atom stereocenters. The van der Waals surface area contributed by atoms with Crippen molar-refractivity contribution >= 4 is 52.2 Å². The summed E-state index contributed by atoms with van der Waals surface area (Å²) < 4.78 is 33.5. The number of phenolic OH excluding ortho intramolecular Hbond substituents is 1. The van der Waals surface area contributed by atoms with Crippen molar-refractivity contribution in [1.29, 1.82) is 0 Å². The first-order chi connectivity index (χ1) is 56.4. The second-order valence-electron chi connectivity index (χ2n) is 25.6. The molecule has 0 fully saturated rings. The predicted molar refractivity (Wildman–Crippen MR) is 458 cm³/mol. The summed E-state index contributed by atoms with van der Waals surface area (Å²) in [6, 6.07) is 106. The summed E-state index contributed by atoms with van der Waals surface area (Å²) in [6.07, 6.45) is 0. The first-order valence-electron chi connectivity index (χ1n) is 36.6. The quantitative estimate of drug-likeness (QED) is 0.0267. The standard InChI is InChI=1S/C22H20N2O3.C22H16O2.C21H19NO3.C20H18N2O3.C14H10O/c1-15-6-8-16(9-7-15)21(25)23-18-4-3-5-19(14-18)24-22(26)17-10-12-20(27-2)13-11-17;1-17(23)20-12-14-21(15-13-20)24-22-9-5-8-19(16-22)11-10-18-6-3-2-4-7-18;1-15-6-10-17(11-7-15)24-19-4-3-5-20(14-19)25-18-12-8-16(9-13-18)21(23)22-2;1-24-18-6-3-7-19(13-18)25-17-10-8-14(9-11-17)20(23)22-16-5-2-4-15(21)12-16;15-14-8-4-7-13(11-14)10-9-12-5-2-1-3-6-12/h3-14H,1-2H3,(H,23,25)(H,24,26);2-9,12-16H,1H3;3-14H,1-2H3,(H,22,23);2-13H,21H2,1H3,(H,22,23);1-8,11,15H. The van der Waals surface area contributed by atoms with Crippen LogP contribution in [0.1, 0.15) is 92.1 Å². The van der Waals surface area contributed by atoms with Crippen molar-refractivity contribution in [2.24, 2.45) is 0 Å². The Bertz CT molecular complexity index is 5730. The van der Waals surface area contributed by atoms with Crippen molar-refractivity contribution in [2.75, 3.05) is 43.0 Å². The van der Waals surface area contributed by atoms with Gasteiger partial charge >= 0.3 is 0 Å². The Labute approximate surface area is 674 Å². The Hall–Kier alpha value is -15.9. The number of ether oxygens (including phenoxy) is 6. The number of benzene rings is 14. The van der Waals surface area contributed by atoms with Gasteiger partial charge in [0.15, 0.2) is 5.78 Å². The molecular weight excluding hydrogens is 1450 g/mol. The number of rotatable bonds is 18. The average molecular weight is 1530 g/mol. The van der Waals surface area contributed by atoms with E-state index in [9.17, 15) is 29.1 Å². The molecule has 4 amide bonds. The number of phenols is 1. The number of anilines is 4. The van der Waals surface area contributed by atoms with Crippen molar-refractivity contribution in [1.82, 2.24) is 5.32 Å². The van der Waals surface area contributed by atoms with Gasteiger partial charge in [-0.15, -0.1) is 0 Å². The van der Waals surface area contributed by atoms with Gasteiger partial charge in [-0.05, 0) is 263 Å². The Morgan fingerprint density at radius 1 is 0.293 bits per heavy atom. The largest absolute Gasteiger partial charge is 0.508 e. The zero-order valence-electron chi connectivity index (χ0n) is 64.5. The van der Waals surface area contributed by atoms with Crippen LogP contribution in [0.5, 0.6) is 63.2 Å². The lowest BCUT2D eigenvalue weighted by atomic mass is 10.1. The number of methoxy groups -OCH3 is 2. The predicted octanol–water partition coefficient (Wildman–Crippen LogP) is 21.6. The highest BCUT2D eigenvalue weighted by molar-refractivity contribution is 6.07. The van der Waals surface area contributed by atoms with Crippen LogP contribution in [0.2, 0.25) is 0 Å². The van der Waals surface area contributed by atoms with Crippen LogP contribution in [-0.2, 0) is 0 Å². The van der Waals surface area contributed by atoms with Gasteiger partial charge in [0.2, 0.25) is 0 Å². The van der Waals surface area contributed by atoms with E-state index in [1.165, 1.54) is 5.56 Å². The molecule has 0 saturated carbocycles. The van der Waals surface area contributed by atoms with Gasteiger partial charge in [0.05, 0.1) is 14.2 Å². The summed E-state index contributed by atoms with van der Waals surface area (Å²) >= 11 is 0. The van der Waals surface area contributed by atoms with Gasteiger partial charge in [-0.1, -0.05) is 132 Å². The zero-order chi connectivity index (χ0) is 81.8. The van der Waals surface area contributed by atoms with Crippen LogP contribution in [-0.4, -0.2) is 55.8 Å². The molecule has 0 spiro atoms. The Morgan fingerprint density at radius 2 is 0.603 bits per heavy atom. The monoisotopic (exact) mass is 1530 g/mol. The third-order valence-electron chi connectivity index (χ3n) is 16.7. The molecule has 0 unspecified atom stereocenters. The number of ketones is 1. The van der Waals surface area contributed by atoms with Gasteiger partial charge in [-0.25, -0.2) is 0 Å². The van der Waals surface area contributed by atoms with Crippen molar-refractivity contribution in [3.05, 3.63) is 413 Å². The maximum atomic E-state index is 12.4. The van der Waals surface area contributed by atoms with Crippen LogP contribution in [0, 0.1) is 37.5 Å². The summed E-state index contributed by atoms with van der Waals surface area (Å²) in [5.41, 5.74) is 17.0. The molecule has 0 bridgehead atoms. The van der Waals surface area contributed by atoms with Crippen LogP contribution >= 0.6 is 0 Å². The number of carbonyl (C=O) groups excluding carboxylic acids is 5. The van der Waals surface area contributed by atoms with Gasteiger partial charge in [0.25, 0.3) is 23.6 Å². The molecule has 576 valence electrons. The van der Waals surface area contributed by atoms with Crippen molar-refractivity contribution < 1.29 is 57.5 Å². The van der Waals surface area contributed by atoms with E-state index in [1.807, 2.05) is 184 Å². The van der Waals surface area contributed by atoms with Crippen LogP contribution < -0.4 is 55.4 Å². The normalized spacial score (nSPS) is 9.91. The van der Waals surface area contributed by atoms with E-state index in [4.69, 9.17) is 34.2 Å². The number of aromatic hydroxyl groups is 1. The highest BCUT2D eigenvalue weighted by Gasteiger charge is 2.13. The van der Waals surface area contributed by atoms with Gasteiger partial charge in [0.1, 0.15) is 63.2 Å². The Morgan fingerprint density at radius 3 is 1.02 bits per heavy atom. The lowest BCUT2D eigenvalue weighted by molar-refractivity contribution is 0.0960. The number of nitrogens with two attached hydrogens (primary N) is 1. The van der Waals surface area contributed by atoms with E-state index in [2.05, 4.69) is 44.9 Å². The maximum absolute atomic E-state index is 12.4. The van der Waals surface area contributed by atoms with Crippen molar-refractivity contribution in [3.63, 3.8) is 0 Å². The summed E-state index contributed by atoms with van der Waals surface area (Å²) in [5.74, 6) is 18.7. The molecule has 0 aromatic heterocycles. The van der Waals surface area contributed by atoms with Gasteiger partial charge in [-0.2, -0.15) is 0 Å². The molecule has 0 heterocycles. The number of Topliss-reactive ketones (excluding diaryl/α,β-unsaturated/α-hetero) is 1. The molecule has 0 aliphatic heterocycles. The zero-order valence-corrected chi connectivity index (χ0v) is 64.5. The van der Waals surface area contributed by atoms with Crippen LogP contribution in [0.25, 0.3) is 0 Å². The number of hydrogen-bond donors (Lipinski definition) is 6. The third kappa shape index (κ3) is 27.3. The Kier molecular flexibility index (Phi) is 30.6. The number of amides is 4. The maximum Gasteiger partial charge on any atom is 0.255 e. The fourth-order valence-electron chi connectivity index (χ4n) is 10.6. The summed E-state index contributed by atoms with van der Waals surface area (Å²) in [4.78, 5) is 59.8. The average Bonchev–Trinajstić information content (AvgIpc) is 0.854. The summed E-state index contributed by atoms with van der Waals surface area (Å²) in [7, 11) is 4.78. The van der Waals surface area contributed by atoms with E-state index < -0.39 is 0 Å². The fourth-order valence-corrected chi connectivity index (χ4v) is 10.6. The topological polar surface area (TPSA) is 235 Å². The molecule has 0 aliphatic rings. The molecule has 17 nitrogen and oxygen atoms in total. The van der Waals surface area contributed by atoms with Gasteiger partial charge < -0.3 is 60.5 Å². The molecule has 0 aliphatic carbocycles. The lowest BCUT2D eigenvalue weighted by Gasteiger charge is -2.10.